The van der Waals surface area contributed by atoms with Crippen molar-refractivity contribution >= 4 is 17.2 Å². The molecule has 0 atom stereocenters. The minimum absolute atomic E-state index is 0.0761. The van der Waals surface area contributed by atoms with Crippen LogP contribution in [0.15, 0.2) is 47.8 Å². The molecule has 0 aliphatic carbocycles. The molecular formula is C22H22N2O3S. The summed E-state index contributed by atoms with van der Waals surface area (Å²) in [7, 11) is 1.82. The third kappa shape index (κ3) is 4.17. The molecule has 28 heavy (non-hydrogen) atoms. The van der Waals surface area contributed by atoms with Gasteiger partial charge in [0.1, 0.15) is 13.2 Å². The molecule has 1 aliphatic heterocycles. The third-order valence-electron chi connectivity index (χ3n) is 4.68. The number of rotatable bonds is 5. The number of amides is 1. The highest BCUT2D eigenvalue weighted by Gasteiger charge is 2.15. The summed E-state index contributed by atoms with van der Waals surface area (Å²) in [4.78, 5) is 18.9. The molecule has 0 fully saturated rings. The Hall–Kier alpha value is -2.86. The Morgan fingerprint density at radius 3 is 2.50 bits per heavy atom. The molecule has 2 aromatic carbocycles. The molecule has 0 radical (unpaired) electrons. The molecule has 0 bridgehead atoms. The fourth-order valence-corrected chi connectivity index (χ4v) is 3.77. The highest BCUT2D eigenvalue weighted by Crippen LogP contribution is 2.31. The Balaban J connectivity index is 1.37. The molecule has 2 heterocycles. The molecule has 5 nitrogen and oxygen atoms in total. The summed E-state index contributed by atoms with van der Waals surface area (Å²) in [6.45, 7) is 3.66. The number of likely N-dealkylation sites (N-methyl/N-ethyl adjacent to an activating group) is 1. The van der Waals surface area contributed by atoms with Crippen LogP contribution >= 0.6 is 11.3 Å². The topological polar surface area (TPSA) is 51.7 Å². The van der Waals surface area contributed by atoms with Crippen LogP contribution < -0.4 is 9.47 Å². The van der Waals surface area contributed by atoms with Crippen LogP contribution in [0.4, 0.5) is 0 Å². The molecule has 6 heteroatoms. The number of thiazole rings is 1. The van der Waals surface area contributed by atoms with Crippen LogP contribution in [0.25, 0.3) is 11.3 Å². The molecule has 4 rings (SSSR count). The van der Waals surface area contributed by atoms with E-state index in [9.17, 15) is 4.79 Å². The first-order valence-electron chi connectivity index (χ1n) is 9.22. The number of carbonyl (C=O) groups excluding carboxylic acids is 1. The highest BCUT2D eigenvalue weighted by atomic mass is 32.1. The van der Waals surface area contributed by atoms with Crippen molar-refractivity contribution in [3.63, 3.8) is 0 Å². The van der Waals surface area contributed by atoms with Gasteiger partial charge in [0.05, 0.1) is 17.1 Å². The van der Waals surface area contributed by atoms with Crippen LogP contribution in [-0.2, 0) is 17.8 Å². The lowest BCUT2D eigenvalue weighted by atomic mass is 10.1. The monoisotopic (exact) mass is 394 g/mol. The molecule has 0 unspecified atom stereocenters. The largest absolute Gasteiger partial charge is 0.486 e. The van der Waals surface area contributed by atoms with Crippen LogP contribution in [0.2, 0.25) is 0 Å². The molecule has 1 aromatic heterocycles. The van der Waals surface area contributed by atoms with Gasteiger partial charge in [-0.1, -0.05) is 30.3 Å². The molecule has 0 spiro atoms. The van der Waals surface area contributed by atoms with Gasteiger partial charge in [0.25, 0.3) is 0 Å². The van der Waals surface area contributed by atoms with Crippen LogP contribution in [0.1, 0.15) is 16.1 Å². The lowest BCUT2D eigenvalue weighted by molar-refractivity contribution is -0.129. The second-order valence-electron chi connectivity index (χ2n) is 6.85. The van der Waals surface area contributed by atoms with Crippen molar-refractivity contribution in [3.05, 3.63) is 64.0 Å². The van der Waals surface area contributed by atoms with Crippen LogP contribution in [0.3, 0.4) is 0 Å². The SMILES string of the molecule is Cc1nc(-c2ccc(CC(=O)N(C)Cc3ccc4c(c3)OCCO4)cc2)cs1. The van der Waals surface area contributed by atoms with Gasteiger partial charge in [0.2, 0.25) is 5.91 Å². The number of ether oxygens (including phenoxy) is 2. The van der Waals surface area contributed by atoms with Crippen LogP contribution in [-0.4, -0.2) is 36.1 Å². The summed E-state index contributed by atoms with van der Waals surface area (Å²) in [5.74, 6) is 1.59. The van der Waals surface area contributed by atoms with Crippen molar-refractivity contribution in [3.8, 4) is 22.8 Å². The lowest BCUT2D eigenvalue weighted by Gasteiger charge is -2.21. The summed E-state index contributed by atoms with van der Waals surface area (Å²) < 4.78 is 11.2. The molecule has 1 amide bonds. The Kier molecular flexibility index (Phi) is 5.30. The zero-order valence-electron chi connectivity index (χ0n) is 16.0. The second kappa shape index (κ2) is 8.02. The van der Waals surface area contributed by atoms with Gasteiger partial charge >= 0.3 is 0 Å². The molecule has 1 aliphatic rings. The number of carbonyl (C=O) groups is 1. The van der Waals surface area contributed by atoms with Crippen LogP contribution in [0.5, 0.6) is 11.5 Å². The lowest BCUT2D eigenvalue weighted by Crippen LogP contribution is -2.27. The first-order chi connectivity index (χ1) is 13.6. The van der Waals surface area contributed by atoms with E-state index in [0.29, 0.717) is 26.2 Å². The van der Waals surface area contributed by atoms with Gasteiger partial charge in [-0.25, -0.2) is 4.98 Å². The molecule has 0 saturated heterocycles. The summed E-state index contributed by atoms with van der Waals surface area (Å²) in [5, 5.41) is 3.10. The summed E-state index contributed by atoms with van der Waals surface area (Å²) in [6.07, 6.45) is 0.372. The number of benzene rings is 2. The molecule has 144 valence electrons. The van der Waals surface area contributed by atoms with Crippen molar-refractivity contribution in [2.45, 2.75) is 19.9 Å². The fraction of sp³-hybridized carbons (Fsp3) is 0.273. The van der Waals surface area contributed by atoms with E-state index in [4.69, 9.17) is 9.47 Å². The van der Waals surface area contributed by atoms with Crippen molar-refractivity contribution < 1.29 is 14.3 Å². The minimum Gasteiger partial charge on any atom is -0.486 e. The van der Waals surface area contributed by atoms with E-state index in [-0.39, 0.29) is 5.91 Å². The van der Waals surface area contributed by atoms with E-state index in [2.05, 4.69) is 10.4 Å². The van der Waals surface area contributed by atoms with E-state index >= 15 is 0 Å². The zero-order chi connectivity index (χ0) is 19.5. The zero-order valence-corrected chi connectivity index (χ0v) is 16.8. The predicted octanol–water partition coefficient (Wildman–Crippen LogP) is 4.09. The normalized spacial score (nSPS) is 12.6. The maximum atomic E-state index is 12.6. The maximum Gasteiger partial charge on any atom is 0.227 e. The molecule has 3 aromatic rings. The van der Waals surface area contributed by atoms with Crippen LogP contribution in [0, 0.1) is 6.92 Å². The van der Waals surface area contributed by atoms with Crippen molar-refractivity contribution in [2.75, 3.05) is 20.3 Å². The third-order valence-corrected chi connectivity index (χ3v) is 5.45. The molecule has 0 saturated carbocycles. The quantitative estimate of drug-likeness (QED) is 0.654. The van der Waals surface area contributed by atoms with E-state index in [1.807, 2.05) is 56.4 Å². The van der Waals surface area contributed by atoms with E-state index in [0.717, 1.165) is 38.9 Å². The first kappa shape index (κ1) is 18.5. The van der Waals surface area contributed by atoms with E-state index < -0.39 is 0 Å². The smallest absolute Gasteiger partial charge is 0.227 e. The van der Waals surface area contributed by atoms with E-state index in [1.54, 1.807) is 16.2 Å². The van der Waals surface area contributed by atoms with E-state index in [1.165, 1.54) is 0 Å². The summed E-state index contributed by atoms with van der Waals surface area (Å²) in [5.41, 5.74) is 4.07. The fourth-order valence-electron chi connectivity index (χ4n) is 3.15. The average molecular weight is 394 g/mol. The Bertz CT molecular complexity index is 982. The number of aromatic nitrogens is 1. The number of nitrogens with zero attached hydrogens (tertiary/aromatic N) is 2. The number of aryl methyl sites for hydroxylation is 1. The average Bonchev–Trinajstić information content (AvgIpc) is 3.14. The number of hydrogen-bond acceptors (Lipinski definition) is 5. The van der Waals surface area contributed by atoms with Crippen molar-refractivity contribution in [2.24, 2.45) is 0 Å². The van der Waals surface area contributed by atoms with Gasteiger partial charge < -0.3 is 14.4 Å². The van der Waals surface area contributed by atoms with Gasteiger partial charge in [0, 0.05) is 24.5 Å². The second-order valence-corrected chi connectivity index (χ2v) is 7.92. The van der Waals surface area contributed by atoms with Gasteiger partial charge in [-0.05, 0) is 30.2 Å². The van der Waals surface area contributed by atoms with Gasteiger partial charge in [-0.15, -0.1) is 11.3 Å². The minimum atomic E-state index is 0.0761. The Morgan fingerprint density at radius 1 is 1.07 bits per heavy atom. The van der Waals surface area contributed by atoms with Gasteiger partial charge in [-0.2, -0.15) is 0 Å². The Labute approximate surface area is 168 Å². The predicted molar refractivity (Wildman–Crippen MR) is 110 cm³/mol. The number of hydrogen-bond donors (Lipinski definition) is 0. The van der Waals surface area contributed by atoms with Gasteiger partial charge in [-0.3, -0.25) is 4.79 Å². The van der Waals surface area contributed by atoms with Crippen molar-refractivity contribution in [1.82, 2.24) is 9.88 Å². The molecule has 0 N–H and O–H groups in total. The highest BCUT2D eigenvalue weighted by molar-refractivity contribution is 7.09. The Morgan fingerprint density at radius 2 is 1.79 bits per heavy atom. The standard InChI is InChI=1S/C22H22N2O3S/c1-15-23-19(14-28-15)18-6-3-16(4-7-18)12-22(25)24(2)13-17-5-8-20-21(11-17)27-10-9-26-20/h3-8,11,14H,9-10,12-13H2,1-2H3. The summed E-state index contributed by atoms with van der Waals surface area (Å²) >= 11 is 1.64. The summed E-state index contributed by atoms with van der Waals surface area (Å²) in [6, 6.07) is 13.9. The van der Waals surface area contributed by atoms with Crippen molar-refractivity contribution in [1.29, 1.82) is 0 Å². The first-order valence-corrected chi connectivity index (χ1v) is 10.1. The molecular weight excluding hydrogens is 372 g/mol. The number of fused-ring (bicyclic) bond motifs is 1. The maximum absolute atomic E-state index is 12.6. The van der Waals surface area contributed by atoms with Gasteiger partial charge in [0.15, 0.2) is 11.5 Å².